The maximum atomic E-state index is 10.8. The molecule has 0 aliphatic rings. The number of phenols is 1. The van der Waals surface area contributed by atoms with E-state index < -0.39 is 0 Å². The summed E-state index contributed by atoms with van der Waals surface area (Å²) >= 11 is 0. The number of nitrogens with one attached hydrogen (secondary N) is 1. The number of benzene rings is 2. The van der Waals surface area contributed by atoms with Crippen molar-refractivity contribution in [3.63, 3.8) is 0 Å². The van der Waals surface area contributed by atoms with Gasteiger partial charge < -0.3 is 10.4 Å². The first-order chi connectivity index (χ1) is 11.1. The van der Waals surface area contributed by atoms with Crippen LogP contribution < -0.4 is 5.32 Å². The molecule has 0 radical (unpaired) electrons. The number of hydrogen-bond acceptors (Lipinski definition) is 3. The van der Waals surface area contributed by atoms with Crippen molar-refractivity contribution in [1.29, 1.82) is 0 Å². The number of aromatic nitrogens is 1. The maximum absolute atomic E-state index is 10.8. The second-order valence-electron chi connectivity index (χ2n) is 5.79. The molecule has 0 saturated heterocycles. The van der Waals surface area contributed by atoms with Crippen LogP contribution in [0.4, 0.5) is 0 Å². The van der Waals surface area contributed by atoms with Crippen molar-refractivity contribution in [1.82, 2.24) is 10.3 Å². The summed E-state index contributed by atoms with van der Waals surface area (Å²) in [6.45, 7) is 7.95. The maximum Gasteiger partial charge on any atom is 0.147 e. The minimum atomic E-state index is -0.167. The van der Waals surface area contributed by atoms with E-state index in [0.717, 1.165) is 27.8 Å². The van der Waals surface area contributed by atoms with Gasteiger partial charge in [0, 0.05) is 22.8 Å². The van der Waals surface area contributed by atoms with Gasteiger partial charge in [0.2, 0.25) is 0 Å². The molecule has 3 rings (SSSR count). The molecule has 1 atom stereocenters. The molecule has 3 aromatic rings. The molecule has 1 aromatic heterocycles. The van der Waals surface area contributed by atoms with Crippen molar-refractivity contribution >= 4 is 10.9 Å². The van der Waals surface area contributed by atoms with E-state index in [4.69, 9.17) is 0 Å². The first kappa shape index (κ1) is 15.1. The van der Waals surface area contributed by atoms with Gasteiger partial charge >= 0.3 is 0 Å². The van der Waals surface area contributed by atoms with E-state index in [1.54, 1.807) is 6.20 Å². The number of allylic oxidation sites excluding steroid dienone is 1. The smallest absolute Gasteiger partial charge is 0.147 e. The number of hydrogen-bond donors (Lipinski definition) is 2. The molecule has 116 valence electrons. The summed E-state index contributed by atoms with van der Waals surface area (Å²) in [5.41, 5.74) is 4.53. The van der Waals surface area contributed by atoms with E-state index in [-0.39, 0.29) is 11.8 Å². The highest BCUT2D eigenvalue weighted by Gasteiger charge is 2.20. The topological polar surface area (TPSA) is 45.2 Å². The Hall–Kier alpha value is -2.81. The highest BCUT2D eigenvalue weighted by molar-refractivity contribution is 5.85. The average Bonchev–Trinajstić information content (AvgIpc) is 2.54. The number of rotatable bonds is 4. The van der Waals surface area contributed by atoms with Crippen molar-refractivity contribution in [3.8, 4) is 5.75 Å². The van der Waals surface area contributed by atoms with Crippen LogP contribution in [0.3, 0.4) is 0 Å². The minimum Gasteiger partial charge on any atom is -0.505 e. The van der Waals surface area contributed by atoms with Crippen molar-refractivity contribution in [2.24, 2.45) is 0 Å². The lowest BCUT2D eigenvalue weighted by Gasteiger charge is -2.24. The Bertz CT molecular complexity index is 870. The van der Waals surface area contributed by atoms with Crippen LogP contribution >= 0.6 is 0 Å². The van der Waals surface area contributed by atoms with Crippen LogP contribution in [0, 0.1) is 6.92 Å². The number of fused-ring (bicyclic) bond motifs is 1. The SMILES string of the molecule is C=C(C)NC(c1ccccc1C)c1ccc2cccnc2c1O. The third kappa shape index (κ3) is 2.90. The average molecular weight is 304 g/mol. The Balaban J connectivity index is 2.19. The zero-order valence-corrected chi connectivity index (χ0v) is 13.4. The molecule has 2 N–H and O–H groups in total. The van der Waals surface area contributed by atoms with Gasteiger partial charge in [-0.1, -0.05) is 49.0 Å². The van der Waals surface area contributed by atoms with Gasteiger partial charge in [-0.15, -0.1) is 0 Å². The van der Waals surface area contributed by atoms with Gasteiger partial charge in [-0.05, 0) is 31.0 Å². The third-order valence-electron chi connectivity index (χ3n) is 3.98. The van der Waals surface area contributed by atoms with Gasteiger partial charge in [-0.2, -0.15) is 0 Å². The standard InChI is InChI=1S/C20H20N2O/c1-13(2)22-19(16-9-5-4-7-14(16)3)17-11-10-15-8-6-12-21-18(15)20(17)23/h4-12,19,22-23H,1H2,2-3H3. The van der Waals surface area contributed by atoms with E-state index in [1.165, 1.54) is 0 Å². The number of aryl methyl sites for hydroxylation is 1. The molecule has 23 heavy (non-hydrogen) atoms. The molecule has 3 heteroatoms. The summed E-state index contributed by atoms with van der Waals surface area (Å²) in [5.74, 6) is 0.213. The van der Waals surface area contributed by atoms with Crippen LogP contribution in [-0.2, 0) is 0 Å². The van der Waals surface area contributed by atoms with Gasteiger partial charge in [0.1, 0.15) is 11.3 Å². The van der Waals surface area contributed by atoms with Crippen LogP contribution in [-0.4, -0.2) is 10.1 Å². The second-order valence-corrected chi connectivity index (χ2v) is 5.79. The lowest BCUT2D eigenvalue weighted by molar-refractivity contribution is 0.466. The van der Waals surface area contributed by atoms with Gasteiger partial charge in [-0.3, -0.25) is 4.98 Å². The normalized spacial score (nSPS) is 12.1. The van der Waals surface area contributed by atoms with E-state index in [2.05, 4.69) is 35.9 Å². The van der Waals surface area contributed by atoms with Gasteiger partial charge in [0.25, 0.3) is 0 Å². The molecule has 0 spiro atoms. The molecular formula is C20H20N2O. The van der Waals surface area contributed by atoms with Crippen molar-refractivity contribution in [3.05, 3.63) is 83.7 Å². The molecule has 0 amide bonds. The predicted octanol–water partition coefficient (Wildman–Crippen LogP) is 4.46. The lowest BCUT2D eigenvalue weighted by atomic mass is 9.93. The molecule has 0 bridgehead atoms. The van der Waals surface area contributed by atoms with E-state index >= 15 is 0 Å². The van der Waals surface area contributed by atoms with Crippen LogP contribution in [0.5, 0.6) is 5.75 Å². The highest BCUT2D eigenvalue weighted by Crippen LogP contribution is 2.35. The monoisotopic (exact) mass is 304 g/mol. The summed E-state index contributed by atoms with van der Waals surface area (Å²) in [6.07, 6.45) is 1.70. The molecular weight excluding hydrogens is 284 g/mol. The van der Waals surface area contributed by atoms with Crippen LogP contribution in [0.1, 0.15) is 29.7 Å². The molecule has 0 saturated carbocycles. The zero-order valence-electron chi connectivity index (χ0n) is 13.4. The molecule has 2 aromatic carbocycles. The molecule has 1 heterocycles. The Morgan fingerprint density at radius 3 is 2.61 bits per heavy atom. The Kier molecular flexibility index (Phi) is 4.02. The summed E-state index contributed by atoms with van der Waals surface area (Å²) in [7, 11) is 0. The van der Waals surface area contributed by atoms with E-state index in [9.17, 15) is 5.11 Å². The second kappa shape index (κ2) is 6.13. The quantitative estimate of drug-likeness (QED) is 0.748. The molecule has 3 nitrogen and oxygen atoms in total. The van der Waals surface area contributed by atoms with Crippen molar-refractivity contribution < 1.29 is 5.11 Å². The minimum absolute atomic E-state index is 0.167. The first-order valence-electron chi connectivity index (χ1n) is 7.62. The van der Waals surface area contributed by atoms with Crippen LogP contribution in [0.15, 0.2) is 67.0 Å². The first-order valence-corrected chi connectivity index (χ1v) is 7.62. The van der Waals surface area contributed by atoms with E-state index in [1.807, 2.05) is 43.3 Å². The number of pyridine rings is 1. The number of aromatic hydroxyl groups is 1. The molecule has 1 unspecified atom stereocenters. The summed E-state index contributed by atoms with van der Waals surface area (Å²) in [5, 5.41) is 15.1. The lowest BCUT2D eigenvalue weighted by Crippen LogP contribution is -2.21. The van der Waals surface area contributed by atoms with Crippen LogP contribution in [0.25, 0.3) is 10.9 Å². The Labute approximate surface area is 136 Å². The summed E-state index contributed by atoms with van der Waals surface area (Å²) in [4.78, 5) is 4.32. The molecule has 0 fully saturated rings. The Morgan fingerprint density at radius 2 is 1.87 bits per heavy atom. The van der Waals surface area contributed by atoms with E-state index in [0.29, 0.717) is 5.52 Å². The number of phenolic OH excluding ortho intramolecular Hbond substituents is 1. The zero-order chi connectivity index (χ0) is 16.4. The summed E-state index contributed by atoms with van der Waals surface area (Å²) < 4.78 is 0. The summed E-state index contributed by atoms with van der Waals surface area (Å²) in [6, 6.07) is 15.7. The van der Waals surface area contributed by atoms with Crippen molar-refractivity contribution in [2.75, 3.05) is 0 Å². The molecule has 0 aliphatic carbocycles. The fraction of sp³-hybridized carbons (Fsp3) is 0.150. The fourth-order valence-electron chi connectivity index (χ4n) is 2.86. The van der Waals surface area contributed by atoms with Gasteiger partial charge in [-0.25, -0.2) is 0 Å². The predicted molar refractivity (Wildman–Crippen MR) is 94.4 cm³/mol. The number of nitrogens with zero attached hydrogens (tertiary/aromatic N) is 1. The fourth-order valence-corrected chi connectivity index (χ4v) is 2.86. The third-order valence-corrected chi connectivity index (χ3v) is 3.98. The van der Waals surface area contributed by atoms with Gasteiger partial charge in [0.05, 0.1) is 6.04 Å². The van der Waals surface area contributed by atoms with Crippen LogP contribution in [0.2, 0.25) is 0 Å². The largest absolute Gasteiger partial charge is 0.505 e. The highest BCUT2D eigenvalue weighted by atomic mass is 16.3. The van der Waals surface area contributed by atoms with Gasteiger partial charge in [0.15, 0.2) is 0 Å². The molecule has 0 aliphatic heterocycles. The Morgan fingerprint density at radius 1 is 1.09 bits per heavy atom. The van der Waals surface area contributed by atoms with Crippen molar-refractivity contribution in [2.45, 2.75) is 19.9 Å².